The minimum atomic E-state index is -1.42. The van der Waals surface area contributed by atoms with Crippen LogP contribution >= 0.6 is 0 Å². The maximum Gasteiger partial charge on any atom is 0.407 e. The van der Waals surface area contributed by atoms with Crippen molar-refractivity contribution in [3.63, 3.8) is 0 Å². The van der Waals surface area contributed by atoms with Crippen LogP contribution in [0.5, 0.6) is 0 Å². The Morgan fingerprint density at radius 3 is 1.03 bits per heavy atom. The number of benzene rings is 3. The second-order valence-corrected chi connectivity index (χ2v) is 29.5. The van der Waals surface area contributed by atoms with Gasteiger partial charge >= 0.3 is 36.4 Å². The van der Waals surface area contributed by atoms with Crippen LogP contribution in [0.25, 0.3) is 11.1 Å². The van der Waals surface area contributed by atoms with E-state index in [4.69, 9.17) is 33.2 Å². The van der Waals surface area contributed by atoms with Gasteiger partial charge in [0.2, 0.25) is 23.6 Å². The average molecular weight is 1390 g/mol. The van der Waals surface area contributed by atoms with Crippen molar-refractivity contribution >= 4 is 60.1 Å². The highest BCUT2D eigenvalue weighted by atomic mass is 16.6. The normalized spacial score (nSPS) is 13.8. The number of carbonyl (C=O) groups is 10. The summed E-state index contributed by atoms with van der Waals surface area (Å²) in [5.74, 6) is -4.33. The van der Waals surface area contributed by atoms with E-state index in [2.05, 4.69) is 47.9 Å². The van der Waals surface area contributed by atoms with E-state index in [-0.39, 0.29) is 103 Å². The number of esters is 1. The average Bonchev–Trinajstić information content (AvgIpc) is 1.62. The monoisotopic (exact) mass is 1390 g/mol. The van der Waals surface area contributed by atoms with E-state index in [1.165, 1.54) is 0 Å². The van der Waals surface area contributed by atoms with E-state index in [0.29, 0.717) is 31.2 Å². The number of nitrogens with one attached hydrogen (secondary N) is 9. The number of alkyl carbamates (subject to hydrolysis) is 5. The number of ether oxygens (including phenoxy) is 7. The van der Waals surface area contributed by atoms with Gasteiger partial charge in [-0.2, -0.15) is 0 Å². The lowest BCUT2D eigenvalue weighted by Crippen LogP contribution is -2.59. The SMILES string of the molecule is CC(C)(C)OC[C@@H](NC(=O)OCC1c2ccccc2-c2ccccc21)C(=O)N[C@@H](CCCCNC(=O)OC(C)(C)C)C(=O)N[C@@H](CCCCNC(=O)OC(C)(C)C)C(=O)N[C@@H](CCCCNC(=O)OC(C)(C)C)C(=O)N[C@@H](CCCCNC(=O)OC(C)(C)C)C(=O)OCc1ccccc1. The van der Waals surface area contributed by atoms with Gasteiger partial charge < -0.3 is 81.0 Å². The van der Waals surface area contributed by atoms with Crippen molar-refractivity contribution in [2.75, 3.05) is 39.4 Å². The molecule has 1 aliphatic carbocycles. The lowest BCUT2D eigenvalue weighted by molar-refractivity contribution is -0.149. The number of amides is 9. The van der Waals surface area contributed by atoms with Crippen molar-refractivity contribution in [1.29, 1.82) is 0 Å². The Morgan fingerprint density at radius 1 is 0.354 bits per heavy atom. The predicted octanol–water partition coefficient (Wildman–Crippen LogP) is 10.2. The van der Waals surface area contributed by atoms with E-state index in [1.807, 2.05) is 54.6 Å². The van der Waals surface area contributed by atoms with E-state index < -0.39 is 118 Å². The number of unbranched alkanes of at least 4 members (excludes halogenated alkanes) is 4. The second kappa shape index (κ2) is 39.8. The van der Waals surface area contributed by atoms with Gasteiger partial charge in [-0.3, -0.25) is 19.2 Å². The zero-order chi connectivity index (χ0) is 73.6. The number of hydrogen-bond acceptors (Lipinski definition) is 17. The van der Waals surface area contributed by atoms with Crippen molar-refractivity contribution in [3.05, 3.63) is 95.6 Å². The summed E-state index contributed by atoms with van der Waals surface area (Å²) in [6.45, 7) is 26.0. The molecule has 0 heterocycles. The van der Waals surface area contributed by atoms with Crippen LogP contribution in [0.15, 0.2) is 78.9 Å². The minimum absolute atomic E-state index is 0.0373. The van der Waals surface area contributed by atoms with Gasteiger partial charge in [0.1, 0.15) is 65.8 Å². The molecule has 0 saturated heterocycles. The van der Waals surface area contributed by atoms with Gasteiger partial charge in [0, 0.05) is 32.1 Å². The van der Waals surface area contributed by atoms with Gasteiger partial charge in [-0.15, -0.1) is 0 Å². The molecule has 0 bridgehead atoms. The molecule has 3 aromatic rings. The number of fused-ring (bicyclic) bond motifs is 3. The summed E-state index contributed by atoms with van der Waals surface area (Å²) in [7, 11) is 0. The molecule has 0 saturated carbocycles. The molecule has 9 N–H and O–H groups in total. The highest BCUT2D eigenvalue weighted by Gasteiger charge is 2.35. The first-order valence-electron chi connectivity index (χ1n) is 34.4. The van der Waals surface area contributed by atoms with Crippen molar-refractivity contribution in [3.8, 4) is 11.1 Å². The second-order valence-electron chi connectivity index (χ2n) is 29.5. The Bertz CT molecular complexity index is 3070. The summed E-state index contributed by atoms with van der Waals surface area (Å²) in [4.78, 5) is 138. The molecule has 3 aromatic carbocycles. The van der Waals surface area contributed by atoms with Crippen LogP contribution in [0, 0.1) is 0 Å². The van der Waals surface area contributed by atoms with E-state index in [9.17, 15) is 38.4 Å². The maximum atomic E-state index is 15.1. The molecule has 26 nitrogen and oxygen atoms in total. The molecule has 26 heteroatoms. The Hall–Kier alpha value is -8.68. The molecule has 4 rings (SSSR count). The fourth-order valence-electron chi connectivity index (χ4n) is 10.2. The first-order valence-corrected chi connectivity index (χ1v) is 34.4. The van der Waals surface area contributed by atoms with Crippen LogP contribution in [-0.2, 0) is 63.7 Å². The highest BCUT2D eigenvalue weighted by molar-refractivity contribution is 5.96. The van der Waals surface area contributed by atoms with Gasteiger partial charge in [-0.1, -0.05) is 78.9 Å². The zero-order valence-electron chi connectivity index (χ0n) is 60.8. The molecule has 0 aromatic heterocycles. The van der Waals surface area contributed by atoms with Crippen molar-refractivity contribution < 1.29 is 81.1 Å². The molecule has 0 spiro atoms. The van der Waals surface area contributed by atoms with Crippen molar-refractivity contribution in [2.24, 2.45) is 0 Å². The quantitative estimate of drug-likeness (QED) is 0.0148. The fraction of sp³-hybridized carbons (Fsp3) is 0.616. The largest absolute Gasteiger partial charge is 0.459 e. The summed E-state index contributed by atoms with van der Waals surface area (Å²) >= 11 is 0. The molecule has 0 radical (unpaired) electrons. The van der Waals surface area contributed by atoms with Crippen LogP contribution in [0.2, 0.25) is 0 Å². The lowest BCUT2D eigenvalue weighted by Gasteiger charge is -2.28. The first kappa shape index (κ1) is 82.7. The van der Waals surface area contributed by atoms with Crippen LogP contribution in [0.3, 0.4) is 0 Å². The third kappa shape index (κ3) is 34.1. The Balaban J connectivity index is 1.69. The smallest absolute Gasteiger partial charge is 0.407 e. The first-order chi connectivity index (χ1) is 46.3. The predicted molar refractivity (Wildman–Crippen MR) is 374 cm³/mol. The fourth-order valence-corrected chi connectivity index (χ4v) is 10.2. The zero-order valence-corrected chi connectivity index (χ0v) is 60.8. The molecule has 0 unspecified atom stereocenters. The molecular formula is C73H111N9O17. The van der Waals surface area contributed by atoms with Crippen LogP contribution < -0.4 is 47.9 Å². The standard InChI is InChI=1S/C73H111N9O17/c1-69(2,3)95-47-58(82-68(92)94-46-53-51-35-21-19-33-49(51)50-34-20-22-36-52(50)53)62(86)80-55(38-24-28-42-75-65(89)97-71(7,8)9)60(84)78-54(37-23-27-41-74-64(88)96-70(4,5)6)59(83)79-56(39-25-29-43-76-66(90)98-72(10,11)12)61(85)81-57(63(87)93-45-48-31-17-16-18-32-48)40-26-30-44-77-67(91)99-73(13,14)15/h16-22,31-36,53-58H,23-30,37-47H2,1-15H3,(H,74,88)(H,75,89)(H,76,90)(H,77,91)(H,78,84)(H,79,83)(H,80,86)(H,81,85)(H,82,92)/t54-,55-,56-,57-,58+/m0/s1. The molecular weight excluding hydrogens is 1270 g/mol. The number of hydrogen-bond donors (Lipinski definition) is 9. The Kier molecular flexibility index (Phi) is 33.3. The van der Waals surface area contributed by atoms with Crippen LogP contribution in [0.4, 0.5) is 24.0 Å². The summed E-state index contributed by atoms with van der Waals surface area (Å²) in [5.41, 5.74) is 0.799. The van der Waals surface area contributed by atoms with Crippen molar-refractivity contribution in [2.45, 2.75) is 252 Å². The molecule has 0 aliphatic heterocycles. The molecule has 1 aliphatic rings. The van der Waals surface area contributed by atoms with Gasteiger partial charge in [0.15, 0.2) is 0 Å². The number of carbonyl (C=O) groups excluding carboxylic acids is 10. The van der Waals surface area contributed by atoms with Crippen molar-refractivity contribution in [1.82, 2.24) is 47.9 Å². The molecule has 5 atom stereocenters. The minimum Gasteiger partial charge on any atom is -0.459 e. The Labute approximate surface area is 584 Å². The summed E-state index contributed by atoms with van der Waals surface area (Å²) < 4.78 is 39.2. The van der Waals surface area contributed by atoms with E-state index in [0.717, 1.165) is 22.3 Å². The lowest BCUT2D eigenvalue weighted by atomic mass is 9.98. The topological polar surface area (TPSA) is 344 Å². The number of rotatable bonds is 36. The summed E-state index contributed by atoms with van der Waals surface area (Å²) in [6.07, 6.45) is -1.37. The molecule has 99 heavy (non-hydrogen) atoms. The van der Waals surface area contributed by atoms with Gasteiger partial charge in [-0.25, -0.2) is 28.8 Å². The van der Waals surface area contributed by atoms with Crippen LogP contribution in [-0.4, -0.2) is 158 Å². The van der Waals surface area contributed by atoms with Gasteiger partial charge in [0.05, 0.1) is 12.2 Å². The van der Waals surface area contributed by atoms with E-state index in [1.54, 1.807) is 128 Å². The summed E-state index contributed by atoms with van der Waals surface area (Å²) in [5, 5.41) is 24.7. The maximum absolute atomic E-state index is 15.1. The molecule has 0 fully saturated rings. The third-order valence-corrected chi connectivity index (χ3v) is 14.7. The molecule has 9 amide bonds. The van der Waals surface area contributed by atoms with Gasteiger partial charge in [-0.05, 0) is 209 Å². The molecule has 550 valence electrons. The third-order valence-electron chi connectivity index (χ3n) is 14.7. The Morgan fingerprint density at radius 2 is 0.677 bits per heavy atom. The van der Waals surface area contributed by atoms with Gasteiger partial charge in [0.25, 0.3) is 0 Å². The van der Waals surface area contributed by atoms with E-state index >= 15 is 9.59 Å². The summed E-state index contributed by atoms with van der Waals surface area (Å²) in [6, 6.07) is 17.7. The highest BCUT2D eigenvalue weighted by Crippen LogP contribution is 2.44. The van der Waals surface area contributed by atoms with Crippen LogP contribution in [0.1, 0.15) is 204 Å².